The molecule has 0 radical (unpaired) electrons. The molecule has 0 aliphatic carbocycles. The van der Waals surface area contributed by atoms with Crippen molar-refractivity contribution in [2.75, 3.05) is 25.0 Å². The van der Waals surface area contributed by atoms with Crippen molar-refractivity contribution >= 4 is 21.8 Å². The lowest BCUT2D eigenvalue weighted by molar-refractivity contribution is -0.119. The zero-order valence-corrected chi connectivity index (χ0v) is 11.2. The minimum atomic E-state index is 0.0920. The predicted octanol–water partition coefficient (Wildman–Crippen LogP) is 1.62. The van der Waals surface area contributed by atoms with Crippen LogP contribution in [0.15, 0.2) is 0 Å². The minimum absolute atomic E-state index is 0.0920. The molecule has 3 nitrogen and oxygen atoms in total. The van der Waals surface area contributed by atoms with E-state index in [4.69, 9.17) is 0 Å². The molecule has 2 atom stereocenters. The topological polar surface area (TPSA) is 32.3 Å². The highest BCUT2D eigenvalue weighted by Crippen LogP contribution is 2.14. The Morgan fingerprint density at radius 1 is 1.67 bits per heavy atom. The standard InChI is InChI=1S/C11H21BrN2O/c1-3-10(6-12)7-14-5-4-11(8-14)13-9(2)15/h10-11H,3-8H2,1-2H3,(H,13,15). The number of carbonyl (C=O) groups is 1. The van der Waals surface area contributed by atoms with Crippen molar-refractivity contribution in [3.63, 3.8) is 0 Å². The first-order valence-corrected chi connectivity index (χ1v) is 6.83. The fourth-order valence-corrected chi connectivity index (χ4v) is 2.72. The van der Waals surface area contributed by atoms with Crippen molar-refractivity contribution < 1.29 is 4.79 Å². The molecule has 0 spiro atoms. The van der Waals surface area contributed by atoms with E-state index in [0.29, 0.717) is 6.04 Å². The summed E-state index contributed by atoms with van der Waals surface area (Å²) in [7, 11) is 0. The summed E-state index contributed by atoms with van der Waals surface area (Å²) in [5, 5.41) is 4.06. The zero-order chi connectivity index (χ0) is 11.3. The number of amides is 1. The van der Waals surface area contributed by atoms with Gasteiger partial charge in [-0.1, -0.05) is 29.3 Å². The molecule has 0 saturated carbocycles. The second kappa shape index (κ2) is 6.48. The average Bonchev–Trinajstić information content (AvgIpc) is 2.61. The Labute approximate surface area is 101 Å². The van der Waals surface area contributed by atoms with Crippen LogP contribution in [-0.4, -0.2) is 41.8 Å². The third kappa shape index (κ3) is 4.51. The van der Waals surface area contributed by atoms with Crippen molar-refractivity contribution in [2.45, 2.75) is 32.7 Å². The van der Waals surface area contributed by atoms with Crippen LogP contribution in [0.25, 0.3) is 0 Å². The summed E-state index contributed by atoms with van der Waals surface area (Å²) >= 11 is 3.54. The number of alkyl halides is 1. The number of hydrogen-bond acceptors (Lipinski definition) is 2. The second-order valence-electron chi connectivity index (χ2n) is 4.37. The summed E-state index contributed by atoms with van der Waals surface area (Å²) in [5.74, 6) is 0.829. The SMILES string of the molecule is CCC(CBr)CN1CCC(NC(C)=O)C1. The van der Waals surface area contributed by atoms with Gasteiger partial charge >= 0.3 is 0 Å². The summed E-state index contributed by atoms with van der Waals surface area (Å²) in [6.45, 7) is 7.11. The quantitative estimate of drug-likeness (QED) is 0.774. The Hall–Kier alpha value is -0.0900. The van der Waals surface area contributed by atoms with E-state index >= 15 is 0 Å². The number of halogens is 1. The van der Waals surface area contributed by atoms with Crippen LogP contribution in [0.2, 0.25) is 0 Å². The maximum atomic E-state index is 10.9. The van der Waals surface area contributed by atoms with Crippen LogP contribution in [-0.2, 0) is 4.79 Å². The lowest BCUT2D eigenvalue weighted by Gasteiger charge is -2.21. The number of hydrogen-bond donors (Lipinski definition) is 1. The Morgan fingerprint density at radius 2 is 2.40 bits per heavy atom. The number of carbonyl (C=O) groups excluding carboxylic acids is 1. The van der Waals surface area contributed by atoms with Crippen LogP contribution >= 0.6 is 15.9 Å². The molecule has 2 unspecified atom stereocenters. The number of nitrogens with zero attached hydrogens (tertiary/aromatic N) is 1. The molecule has 1 saturated heterocycles. The monoisotopic (exact) mass is 276 g/mol. The highest BCUT2D eigenvalue weighted by molar-refractivity contribution is 9.09. The molecular weight excluding hydrogens is 256 g/mol. The Morgan fingerprint density at radius 3 is 2.93 bits per heavy atom. The first kappa shape index (κ1) is 13.0. The predicted molar refractivity (Wildman–Crippen MR) is 66.2 cm³/mol. The van der Waals surface area contributed by atoms with E-state index in [9.17, 15) is 4.79 Å². The Bertz CT molecular complexity index is 207. The molecule has 0 bridgehead atoms. The van der Waals surface area contributed by atoms with E-state index in [-0.39, 0.29) is 5.91 Å². The molecule has 1 fully saturated rings. The van der Waals surface area contributed by atoms with Crippen molar-refractivity contribution in [2.24, 2.45) is 5.92 Å². The van der Waals surface area contributed by atoms with Gasteiger partial charge in [-0.3, -0.25) is 4.79 Å². The summed E-state index contributed by atoms with van der Waals surface area (Å²) in [6, 6.07) is 0.371. The normalized spacial score (nSPS) is 24.1. The fraction of sp³-hybridized carbons (Fsp3) is 0.909. The molecule has 1 aliphatic rings. The van der Waals surface area contributed by atoms with Crippen molar-refractivity contribution in [1.82, 2.24) is 10.2 Å². The van der Waals surface area contributed by atoms with Crippen molar-refractivity contribution in [3.05, 3.63) is 0 Å². The van der Waals surface area contributed by atoms with Gasteiger partial charge in [0.1, 0.15) is 0 Å². The van der Waals surface area contributed by atoms with Gasteiger partial charge in [0.25, 0.3) is 0 Å². The smallest absolute Gasteiger partial charge is 0.217 e. The molecule has 1 heterocycles. The number of rotatable bonds is 5. The van der Waals surface area contributed by atoms with Gasteiger partial charge in [-0.25, -0.2) is 0 Å². The molecule has 0 aromatic carbocycles. The third-order valence-electron chi connectivity index (χ3n) is 2.99. The first-order valence-electron chi connectivity index (χ1n) is 5.71. The van der Waals surface area contributed by atoms with Crippen LogP contribution in [0.4, 0.5) is 0 Å². The van der Waals surface area contributed by atoms with Gasteiger partial charge in [0, 0.05) is 37.9 Å². The molecule has 88 valence electrons. The van der Waals surface area contributed by atoms with E-state index in [1.54, 1.807) is 6.92 Å². The van der Waals surface area contributed by atoms with Crippen molar-refractivity contribution in [1.29, 1.82) is 0 Å². The Balaban J connectivity index is 2.26. The van der Waals surface area contributed by atoms with Gasteiger partial charge in [-0.05, 0) is 12.3 Å². The first-order chi connectivity index (χ1) is 7.15. The Kier molecular flexibility index (Phi) is 5.61. The molecule has 1 aliphatic heterocycles. The van der Waals surface area contributed by atoms with Crippen LogP contribution < -0.4 is 5.32 Å². The highest BCUT2D eigenvalue weighted by Gasteiger charge is 2.24. The zero-order valence-electron chi connectivity index (χ0n) is 9.63. The van der Waals surface area contributed by atoms with E-state index < -0.39 is 0 Å². The van der Waals surface area contributed by atoms with Crippen LogP contribution in [0.5, 0.6) is 0 Å². The molecule has 1 amide bonds. The van der Waals surface area contributed by atoms with Crippen molar-refractivity contribution in [3.8, 4) is 0 Å². The van der Waals surface area contributed by atoms with Gasteiger partial charge in [0.05, 0.1) is 0 Å². The van der Waals surface area contributed by atoms with E-state index in [2.05, 4.69) is 33.1 Å². The van der Waals surface area contributed by atoms with Crippen LogP contribution in [0.1, 0.15) is 26.7 Å². The molecule has 0 aromatic rings. The summed E-state index contributed by atoms with van der Waals surface area (Å²) < 4.78 is 0. The van der Waals surface area contributed by atoms with Crippen LogP contribution in [0, 0.1) is 5.92 Å². The second-order valence-corrected chi connectivity index (χ2v) is 5.02. The maximum Gasteiger partial charge on any atom is 0.217 e. The average molecular weight is 277 g/mol. The van der Waals surface area contributed by atoms with E-state index in [1.807, 2.05) is 0 Å². The molecule has 0 aromatic heterocycles. The van der Waals surface area contributed by atoms with Gasteiger partial charge in [-0.15, -0.1) is 0 Å². The minimum Gasteiger partial charge on any atom is -0.352 e. The maximum absolute atomic E-state index is 10.9. The summed E-state index contributed by atoms with van der Waals surface area (Å²) in [6.07, 6.45) is 2.31. The lowest BCUT2D eigenvalue weighted by Crippen LogP contribution is -2.36. The molecule has 4 heteroatoms. The molecule has 15 heavy (non-hydrogen) atoms. The fourth-order valence-electron chi connectivity index (χ4n) is 2.06. The lowest BCUT2D eigenvalue weighted by atomic mass is 10.1. The number of likely N-dealkylation sites (tertiary alicyclic amines) is 1. The van der Waals surface area contributed by atoms with Gasteiger partial charge in [0.15, 0.2) is 0 Å². The van der Waals surface area contributed by atoms with E-state index in [1.165, 1.54) is 6.42 Å². The van der Waals surface area contributed by atoms with Gasteiger partial charge in [0.2, 0.25) is 5.91 Å². The van der Waals surface area contributed by atoms with Gasteiger partial charge in [-0.2, -0.15) is 0 Å². The third-order valence-corrected chi connectivity index (χ3v) is 3.91. The van der Waals surface area contributed by atoms with E-state index in [0.717, 1.165) is 37.3 Å². The van der Waals surface area contributed by atoms with Crippen LogP contribution in [0.3, 0.4) is 0 Å². The summed E-state index contributed by atoms with van der Waals surface area (Å²) in [5.41, 5.74) is 0. The molecule has 1 N–H and O–H groups in total. The molecule has 1 rings (SSSR count). The van der Waals surface area contributed by atoms with Gasteiger partial charge < -0.3 is 10.2 Å². The molecular formula is C11H21BrN2O. The number of nitrogens with one attached hydrogen (secondary N) is 1. The summed E-state index contributed by atoms with van der Waals surface area (Å²) in [4.78, 5) is 13.4. The highest BCUT2D eigenvalue weighted by atomic mass is 79.9. The largest absolute Gasteiger partial charge is 0.352 e.